The zero-order valence-electron chi connectivity index (χ0n) is 11.1. The lowest BCUT2D eigenvalue weighted by atomic mass is 10.3. The van der Waals surface area contributed by atoms with Crippen LogP contribution < -0.4 is 4.72 Å². The number of hydrogen-bond donors (Lipinski definition) is 2. The fourth-order valence-corrected chi connectivity index (χ4v) is 4.65. The van der Waals surface area contributed by atoms with Crippen molar-refractivity contribution in [2.75, 3.05) is 0 Å². The van der Waals surface area contributed by atoms with Gasteiger partial charge < -0.3 is 9.52 Å². The minimum Gasteiger partial charge on any atom is -0.475 e. The number of carboxylic acid groups (broad SMARTS) is 1. The van der Waals surface area contributed by atoms with Crippen LogP contribution in [0.4, 0.5) is 0 Å². The summed E-state index contributed by atoms with van der Waals surface area (Å²) < 4.78 is 31.5. The number of halogens is 1. The first-order valence-electron chi connectivity index (χ1n) is 5.79. The van der Waals surface area contributed by atoms with E-state index in [4.69, 9.17) is 9.52 Å². The first kappa shape index (κ1) is 16.2. The van der Waals surface area contributed by atoms with Crippen molar-refractivity contribution in [3.8, 4) is 0 Å². The van der Waals surface area contributed by atoms with Crippen LogP contribution in [0.2, 0.25) is 0 Å². The van der Waals surface area contributed by atoms with Crippen molar-refractivity contribution in [3.05, 3.63) is 37.9 Å². The molecule has 0 fully saturated rings. The Kier molecular flexibility index (Phi) is 4.57. The van der Waals surface area contributed by atoms with E-state index < -0.39 is 21.8 Å². The Morgan fingerprint density at radius 2 is 2.10 bits per heavy atom. The zero-order valence-corrected chi connectivity index (χ0v) is 14.4. The highest BCUT2D eigenvalue weighted by Crippen LogP contribution is 2.27. The van der Waals surface area contributed by atoms with Gasteiger partial charge in [0, 0.05) is 22.4 Å². The van der Waals surface area contributed by atoms with Gasteiger partial charge >= 0.3 is 5.97 Å². The number of nitrogens with one attached hydrogen (secondary N) is 1. The molecule has 0 radical (unpaired) electrons. The Morgan fingerprint density at radius 1 is 1.43 bits per heavy atom. The van der Waals surface area contributed by atoms with Gasteiger partial charge in [-0.2, -0.15) is 0 Å². The third-order valence-electron chi connectivity index (χ3n) is 2.81. The zero-order chi connectivity index (χ0) is 15.8. The molecule has 114 valence electrons. The summed E-state index contributed by atoms with van der Waals surface area (Å²) in [6, 6.07) is 2.88. The number of sulfonamides is 1. The number of aromatic carboxylic acids is 1. The summed E-state index contributed by atoms with van der Waals surface area (Å²) in [6.45, 7) is 4.06. The standard InChI is InChI=1S/C12H12BrNO5S2/c1-6-3-8(20-7(6)2)5-14-21(17,18)10-4-9(12(15)16)19-11(10)13/h3-4,14H,5H2,1-2H3,(H,15,16). The quantitative estimate of drug-likeness (QED) is 0.813. The fourth-order valence-electron chi connectivity index (χ4n) is 1.62. The normalized spacial score (nSPS) is 11.8. The molecule has 0 bridgehead atoms. The SMILES string of the molecule is Cc1cc(CNS(=O)(=O)c2cc(C(=O)O)oc2Br)sc1C. The third-order valence-corrected chi connectivity index (χ3v) is 6.22. The average molecular weight is 394 g/mol. The van der Waals surface area contributed by atoms with E-state index >= 15 is 0 Å². The Morgan fingerprint density at radius 3 is 2.57 bits per heavy atom. The van der Waals surface area contributed by atoms with E-state index in [2.05, 4.69) is 20.7 Å². The molecule has 2 aromatic heterocycles. The number of carbonyl (C=O) groups is 1. The lowest BCUT2D eigenvalue weighted by Crippen LogP contribution is -2.22. The number of thiophene rings is 1. The van der Waals surface area contributed by atoms with Gasteiger partial charge in [0.15, 0.2) is 4.67 Å². The summed E-state index contributed by atoms with van der Waals surface area (Å²) in [5, 5.41) is 8.80. The summed E-state index contributed by atoms with van der Waals surface area (Å²) in [4.78, 5) is 12.6. The second-order valence-electron chi connectivity index (χ2n) is 4.33. The number of aryl methyl sites for hydroxylation is 2. The van der Waals surface area contributed by atoms with Crippen molar-refractivity contribution < 1.29 is 22.7 Å². The van der Waals surface area contributed by atoms with Gasteiger partial charge in [0.2, 0.25) is 15.8 Å². The van der Waals surface area contributed by atoms with Crippen molar-refractivity contribution in [2.24, 2.45) is 0 Å². The molecule has 0 spiro atoms. The van der Waals surface area contributed by atoms with Crippen molar-refractivity contribution in [3.63, 3.8) is 0 Å². The highest BCUT2D eigenvalue weighted by atomic mass is 79.9. The molecule has 0 amide bonds. The van der Waals surface area contributed by atoms with Gasteiger partial charge in [-0.15, -0.1) is 11.3 Å². The van der Waals surface area contributed by atoms with Crippen molar-refractivity contribution in [1.82, 2.24) is 4.72 Å². The smallest absolute Gasteiger partial charge is 0.371 e. The number of furan rings is 1. The van der Waals surface area contributed by atoms with Gasteiger partial charge in [0.05, 0.1) is 0 Å². The fraction of sp³-hybridized carbons (Fsp3) is 0.250. The van der Waals surface area contributed by atoms with E-state index in [0.29, 0.717) is 0 Å². The Bertz CT molecular complexity index is 771. The first-order valence-corrected chi connectivity index (χ1v) is 8.88. The van der Waals surface area contributed by atoms with Crippen molar-refractivity contribution in [2.45, 2.75) is 25.3 Å². The highest BCUT2D eigenvalue weighted by Gasteiger charge is 2.24. The molecule has 0 aliphatic carbocycles. The maximum Gasteiger partial charge on any atom is 0.371 e. The molecule has 0 aromatic carbocycles. The summed E-state index contributed by atoms with van der Waals surface area (Å²) in [7, 11) is -3.85. The molecule has 0 saturated heterocycles. The van der Waals surface area contributed by atoms with Crippen LogP contribution in [0.25, 0.3) is 0 Å². The maximum absolute atomic E-state index is 12.2. The molecule has 21 heavy (non-hydrogen) atoms. The summed E-state index contributed by atoms with van der Waals surface area (Å²) >= 11 is 4.42. The largest absolute Gasteiger partial charge is 0.475 e. The number of hydrogen-bond acceptors (Lipinski definition) is 5. The van der Waals surface area contributed by atoms with Crippen LogP contribution in [0, 0.1) is 13.8 Å². The van der Waals surface area contributed by atoms with Gasteiger partial charge in [-0.25, -0.2) is 17.9 Å². The second kappa shape index (κ2) is 5.91. The predicted molar refractivity (Wildman–Crippen MR) is 81.2 cm³/mol. The van der Waals surface area contributed by atoms with E-state index in [0.717, 1.165) is 21.4 Å². The van der Waals surface area contributed by atoms with Crippen LogP contribution in [0.15, 0.2) is 26.1 Å². The van der Waals surface area contributed by atoms with E-state index in [1.54, 1.807) is 0 Å². The van der Waals surface area contributed by atoms with Crippen LogP contribution in [-0.2, 0) is 16.6 Å². The first-order chi connectivity index (χ1) is 9.70. The molecular formula is C12H12BrNO5S2. The molecule has 0 atom stereocenters. The molecule has 2 heterocycles. The molecular weight excluding hydrogens is 382 g/mol. The van der Waals surface area contributed by atoms with E-state index in [1.165, 1.54) is 11.3 Å². The van der Waals surface area contributed by atoms with Gasteiger partial charge in [-0.3, -0.25) is 0 Å². The topological polar surface area (TPSA) is 96.6 Å². The Balaban J connectivity index is 2.20. The van der Waals surface area contributed by atoms with Gasteiger partial charge in [0.25, 0.3) is 0 Å². The monoisotopic (exact) mass is 393 g/mol. The molecule has 2 rings (SSSR count). The molecule has 6 nitrogen and oxygen atoms in total. The van der Waals surface area contributed by atoms with Gasteiger partial charge in [-0.1, -0.05) is 0 Å². The highest BCUT2D eigenvalue weighted by molar-refractivity contribution is 9.10. The minimum atomic E-state index is -3.85. The lowest BCUT2D eigenvalue weighted by Gasteiger charge is -2.03. The van der Waals surface area contributed by atoms with Gasteiger partial charge in [-0.05, 0) is 41.4 Å². The van der Waals surface area contributed by atoms with E-state index in [1.807, 2.05) is 19.9 Å². The molecule has 9 heteroatoms. The lowest BCUT2D eigenvalue weighted by molar-refractivity contribution is 0.0661. The van der Waals surface area contributed by atoms with Crippen molar-refractivity contribution >= 4 is 43.3 Å². The van der Waals surface area contributed by atoms with Crippen LogP contribution in [-0.4, -0.2) is 19.5 Å². The van der Waals surface area contributed by atoms with Crippen LogP contribution >= 0.6 is 27.3 Å². The van der Waals surface area contributed by atoms with Crippen LogP contribution in [0.5, 0.6) is 0 Å². The predicted octanol–water partition coefficient (Wildman–Crippen LogP) is 2.90. The molecule has 0 aliphatic rings. The molecule has 0 saturated carbocycles. The van der Waals surface area contributed by atoms with Crippen LogP contribution in [0.1, 0.15) is 25.9 Å². The summed E-state index contributed by atoms with van der Waals surface area (Å²) in [5.41, 5.74) is 1.10. The maximum atomic E-state index is 12.2. The number of rotatable bonds is 5. The summed E-state index contributed by atoms with van der Waals surface area (Å²) in [5.74, 6) is -1.77. The second-order valence-corrected chi connectivity index (χ2v) is 8.13. The minimum absolute atomic E-state index is 0.133. The number of carboxylic acids is 1. The van der Waals surface area contributed by atoms with Crippen LogP contribution in [0.3, 0.4) is 0 Å². The van der Waals surface area contributed by atoms with Crippen molar-refractivity contribution in [1.29, 1.82) is 0 Å². The third kappa shape index (κ3) is 3.54. The molecule has 0 aliphatic heterocycles. The molecule has 2 aromatic rings. The summed E-state index contributed by atoms with van der Waals surface area (Å²) in [6.07, 6.45) is 0. The molecule has 0 unspecified atom stereocenters. The Hall–Kier alpha value is -1.16. The van der Waals surface area contributed by atoms with Gasteiger partial charge in [0.1, 0.15) is 4.90 Å². The Labute approximate surface area is 134 Å². The molecule has 2 N–H and O–H groups in total. The average Bonchev–Trinajstić information content (AvgIpc) is 2.92. The van der Waals surface area contributed by atoms with E-state index in [9.17, 15) is 13.2 Å². The van der Waals surface area contributed by atoms with E-state index in [-0.39, 0.29) is 16.1 Å².